The van der Waals surface area contributed by atoms with Crippen LogP contribution in [-0.4, -0.2) is 35.6 Å². The van der Waals surface area contributed by atoms with Gasteiger partial charge in [-0.2, -0.15) is 0 Å². The lowest BCUT2D eigenvalue weighted by Gasteiger charge is -2.08. The van der Waals surface area contributed by atoms with Gasteiger partial charge in [-0.3, -0.25) is 19.7 Å². The summed E-state index contributed by atoms with van der Waals surface area (Å²) in [5, 5.41) is 14.4. The Balaban J connectivity index is 1.80. The lowest BCUT2D eigenvalue weighted by atomic mass is 10.2. The number of benzene rings is 2. The number of halogens is 1. The molecule has 142 valence electrons. The lowest BCUT2D eigenvalue weighted by molar-refractivity contribution is -0.387. The molecule has 0 saturated carbocycles. The van der Waals surface area contributed by atoms with Crippen LogP contribution in [0.25, 0.3) is 0 Å². The van der Waals surface area contributed by atoms with E-state index in [0.717, 1.165) is 17.8 Å². The van der Waals surface area contributed by atoms with Gasteiger partial charge in [0.05, 0.1) is 22.1 Å². The molecular formula is C17H16ClN3O5S. The number of nitrogens with one attached hydrogen (secondary N) is 1. The van der Waals surface area contributed by atoms with Crippen LogP contribution in [0.1, 0.15) is 10.4 Å². The smallest absolute Gasteiger partial charge is 0.283 e. The van der Waals surface area contributed by atoms with Crippen LogP contribution in [0, 0.1) is 10.1 Å². The Bertz CT molecular complexity index is 845. The molecule has 0 radical (unpaired) electrons. The summed E-state index contributed by atoms with van der Waals surface area (Å²) in [5.74, 6) is -0.438. The van der Waals surface area contributed by atoms with Crippen molar-refractivity contribution in [2.24, 2.45) is 5.73 Å². The van der Waals surface area contributed by atoms with Crippen LogP contribution in [0.5, 0.6) is 5.75 Å². The van der Waals surface area contributed by atoms with Crippen LogP contribution in [0.3, 0.4) is 0 Å². The van der Waals surface area contributed by atoms with E-state index in [1.807, 2.05) is 0 Å². The number of carbonyl (C=O) groups is 2. The molecule has 10 heteroatoms. The zero-order valence-electron chi connectivity index (χ0n) is 14.0. The van der Waals surface area contributed by atoms with E-state index in [2.05, 4.69) is 5.32 Å². The van der Waals surface area contributed by atoms with E-state index in [-0.39, 0.29) is 41.0 Å². The van der Waals surface area contributed by atoms with Crippen molar-refractivity contribution in [2.45, 2.75) is 4.90 Å². The van der Waals surface area contributed by atoms with Gasteiger partial charge in [-0.05, 0) is 36.4 Å². The van der Waals surface area contributed by atoms with Crippen molar-refractivity contribution >= 4 is 40.9 Å². The molecule has 0 fully saturated rings. The first-order valence-corrected chi connectivity index (χ1v) is 9.09. The number of ether oxygens (including phenoxy) is 1. The summed E-state index contributed by atoms with van der Waals surface area (Å²) >= 11 is 6.77. The number of primary amides is 1. The Labute approximate surface area is 164 Å². The zero-order chi connectivity index (χ0) is 19.8. The number of nitrogens with two attached hydrogens (primary N) is 1. The summed E-state index contributed by atoms with van der Waals surface area (Å²) in [6.07, 6.45) is 0. The molecule has 27 heavy (non-hydrogen) atoms. The molecular weight excluding hydrogens is 394 g/mol. The number of nitro benzene ring substituents is 1. The van der Waals surface area contributed by atoms with Crippen LogP contribution >= 0.6 is 23.4 Å². The van der Waals surface area contributed by atoms with Crippen LogP contribution in [-0.2, 0) is 4.79 Å². The number of carbonyl (C=O) groups excluding carboxylic acids is 2. The first-order chi connectivity index (χ1) is 12.9. The van der Waals surface area contributed by atoms with E-state index in [9.17, 15) is 19.7 Å². The van der Waals surface area contributed by atoms with Crippen molar-refractivity contribution in [1.29, 1.82) is 0 Å². The Kier molecular flexibility index (Phi) is 7.44. The second kappa shape index (κ2) is 9.79. The van der Waals surface area contributed by atoms with Gasteiger partial charge in [0.15, 0.2) is 0 Å². The molecule has 0 spiro atoms. The summed E-state index contributed by atoms with van der Waals surface area (Å²) in [6.45, 7) is 0.552. The van der Waals surface area contributed by atoms with Crippen LogP contribution in [0.2, 0.25) is 5.02 Å². The predicted octanol–water partition coefficient (Wildman–Crippen LogP) is 2.63. The van der Waals surface area contributed by atoms with Gasteiger partial charge < -0.3 is 15.8 Å². The second-order valence-electron chi connectivity index (χ2n) is 5.24. The van der Waals surface area contributed by atoms with Crippen molar-refractivity contribution in [1.82, 2.24) is 5.32 Å². The minimum absolute atomic E-state index is 0.0162. The molecule has 0 atom stereocenters. The monoisotopic (exact) mass is 409 g/mol. The third-order valence-corrected chi connectivity index (χ3v) is 4.62. The average Bonchev–Trinajstić information content (AvgIpc) is 2.64. The van der Waals surface area contributed by atoms with Crippen molar-refractivity contribution < 1.29 is 19.2 Å². The summed E-state index contributed by atoms with van der Waals surface area (Å²) < 4.78 is 5.45. The van der Waals surface area contributed by atoms with Crippen LogP contribution < -0.4 is 15.8 Å². The van der Waals surface area contributed by atoms with Gasteiger partial charge in [0.2, 0.25) is 11.8 Å². The maximum Gasteiger partial charge on any atom is 0.283 e. The van der Waals surface area contributed by atoms with Crippen molar-refractivity contribution in [3.63, 3.8) is 0 Å². The number of rotatable bonds is 9. The lowest BCUT2D eigenvalue weighted by Crippen LogP contribution is -2.29. The standard InChI is InChI=1S/C17H16ClN3O5S/c18-12-2-4-13(5-3-12)26-8-7-20-16(22)10-27-15-6-1-11(17(19)23)9-14(15)21(24)25/h1-6,9H,7-8,10H2,(H2,19,23)(H,20,22). The highest BCUT2D eigenvalue weighted by Crippen LogP contribution is 2.29. The van der Waals surface area contributed by atoms with Gasteiger partial charge in [-0.25, -0.2) is 0 Å². The fourth-order valence-corrected chi connectivity index (χ4v) is 2.98. The molecule has 2 aromatic carbocycles. The van der Waals surface area contributed by atoms with E-state index in [1.54, 1.807) is 24.3 Å². The summed E-state index contributed by atoms with van der Waals surface area (Å²) in [4.78, 5) is 33.8. The fraction of sp³-hybridized carbons (Fsp3) is 0.176. The Morgan fingerprint density at radius 3 is 2.56 bits per heavy atom. The van der Waals surface area contributed by atoms with Crippen LogP contribution in [0.4, 0.5) is 5.69 Å². The molecule has 0 aromatic heterocycles. The Morgan fingerprint density at radius 2 is 1.93 bits per heavy atom. The van der Waals surface area contributed by atoms with Gasteiger partial charge in [0, 0.05) is 16.7 Å². The Hall–Kier alpha value is -2.78. The van der Waals surface area contributed by atoms with Crippen molar-refractivity contribution in [3.05, 3.63) is 63.2 Å². The van der Waals surface area contributed by atoms with Crippen molar-refractivity contribution in [2.75, 3.05) is 18.9 Å². The molecule has 0 saturated heterocycles. The third kappa shape index (κ3) is 6.46. The molecule has 3 N–H and O–H groups in total. The molecule has 0 unspecified atom stereocenters. The SMILES string of the molecule is NC(=O)c1ccc(SCC(=O)NCCOc2ccc(Cl)cc2)c([N+](=O)[O-])c1. The third-order valence-electron chi connectivity index (χ3n) is 3.31. The van der Waals surface area contributed by atoms with E-state index in [1.165, 1.54) is 12.1 Å². The maximum atomic E-state index is 11.9. The van der Waals surface area contributed by atoms with E-state index < -0.39 is 10.8 Å². The predicted molar refractivity (Wildman–Crippen MR) is 102 cm³/mol. The number of nitrogens with zero attached hydrogens (tertiary/aromatic N) is 1. The highest BCUT2D eigenvalue weighted by atomic mass is 35.5. The van der Waals surface area contributed by atoms with E-state index in [4.69, 9.17) is 22.1 Å². The summed E-state index contributed by atoms with van der Waals surface area (Å²) in [7, 11) is 0. The van der Waals surface area contributed by atoms with E-state index in [0.29, 0.717) is 10.8 Å². The highest BCUT2D eigenvalue weighted by molar-refractivity contribution is 8.00. The molecule has 0 aliphatic carbocycles. The van der Waals surface area contributed by atoms with Gasteiger partial charge in [-0.15, -0.1) is 11.8 Å². The minimum Gasteiger partial charge on any atom is -0.492 e. The maximum absolute atomic E-state index is 11.9. The first-order valence-electron chi connectivity index (χ1n) is 7.73. The fourth-order valence-electron chi connectivity index (χ4n) is 2.02. The number of thioether (sulfide) groups is 1. The quantitative estimate of drug-likeness (QED) is 0.284. The molecule has 0 aliphatic heterocycles. The molecule has 0 aliphatic rings. The van der Waals surface area contributed by atoms with Crippen LogP contribution in [0.15, 0.2) is 47.4 Å². The number of hydrogen-bond donors (Lipinski definition) is 2. The van der Waals surface area contributed by atoms with Gasteiger partial charge in [0.25, 0.3) is 5.69 Å². The molecule has 0 heterocycles. The topological polar surface area (TPSA) is 125 Å². The number of hydrogen-bond acceptors (Lipinski definition) is 6. The first kappa shape index (κ1) is 20.5. The van der Waals surface area contributed by atoms with Gasteiger partial charge >= 0.3 is 0 Å². The zero-order valence-corrected chi connectivity index (χ0v) is 15.6. The van der Waals surface area contributed by atoms with E-state index >= 15 is 0 Å². The molecule has 2 rings (SSSR count). The normalized spacial score (nSPS) is 10.3. The molecule has 8 nitrogen and oxygen atoms in total. The second-order valence-corrected chi connectivity index (χ2v) is 6.70. The molecule has 0 bridgehead atoms. The largest absolute Gasteiger partial charge is 0.492 e. The molecule has 2 aromatic rings. The summed E-state index contributed by atoms with van der Waals surface area (Å²) in [5.41, 5.74) is 4.89. The Morgan fingerprint density at radius 1 is 1.22 bits per heavy atom. The highest BCUT2D eigenvalue weighted by Gasteiger charge is 2.17. The summed E-state index contributed by atoms with van der Waals surface area (Å²) in [6, 6.07) is 10.7. The minimum atomic E-state index is -0.756. The molecule has 2 amide bonds. The number of amides is 2. The van der Waals surface area contributed by atoms with Crippen molar-refractivity contribution in [3.8, 4) is 5.75 Å². The average molecular weight is 410 g/mol. The number of nitro groups is 1. The van der Waals surface area contributed by atoms with Gasteiger partial charge in [-0.1, -0.05) is 11.6 Å². The van der Waals surface area contributed by atoms with Gasteiger partial charge in [0.1, 0.15) is 12.4 Å².